The molecule has 5 heteroatoms. The average Bonchev–Trinajstić information content (AvgIpc) is 2.61. The standard InChI is InChI=1S/C20H46NO3Si/c1-7-8-9-10-11-12-13-15-18-21(2,3)19-16-14-17-20-25(22-4,23-5)24-6/h7-20H2,1-6H3/q+1. The fourth-order valence-electron chi connectivity index (χ4n) is 3.40. The predicted molar refractivity (Wildman–Crippen MR) is 110 cm³/mol. The summed E-state index contributed by atoms with van der Waals surface area (Å²) < 4.78 is 17.6. The molecule has 0 saturated heterocycles. The highest BCUT2D eigenvalue weighted by molar-refractivity contribution is 6.60. The van der Waals surface area contributed by atoms with E-state index in [4.69, 9.17) is 13.3 Å². The van der Waals surface area contributed by atoms with Gasteiger partial charge in [0.15, 0.2) is 0 Å². The van der Waals surface area contributed by atoms with E-state index in [9.17, 15) is 0 Å². The van der Waals surface area contributed by atoms with Crippen LogP contribution in [0.15, 0.2) is 0 Å². The minimum Gasteiger partial charge on any atom is -0.377 e. The number of unbranched alkanes of at least 4 members (excludes halogenated alkanes) is 9. The van der Waals surface area contributed by atoms with Crippen LogP contribution < -0.4 is 0 Å². The Labute approximate surface area is 159 Å². The molecule has 0 radical (unpaired) electrons. The first kappa shape index (κ1) is 25.1. The summed E-state index contributed by atoms with van der Waals surface area (Å²) in [6.07, 6.45) is 14.8. The number of hydrogen-bond acceptors (Lipinski definition) is 3. The minimum absolute atomic E-state index is 0.919. The lowest BCUT2D eigenvalue weighted by Crippen LogP contribution is -2.43. The van der Waals surface area contributed by atoms with Crippen LogP contribution >= 0.6 is 0 Å². The SMILES string of the molecule is CCCCCCCCCC[N+](C)(C)CCCCC[Si](OC)(OC)OC. The largest absolute Gasteiger partial charge is 0.500 e. The molecule has 0 aromatic rings. The highest BCUT2D eigenvalue weighted by atomic mass is 28.4. The Kier molecular flexibility index (Phi) is 15.2. The first-order valence-electron chi connectivity index (χ1n) is 10.4. The van der Waals surface area contributed by atoms with Gasteiger partial charge in [0.2, 0.25) is 0 Å². The lowest BCUT2D eigenvalue weighted by molar-refractivity contribution is -0.890. The smallest absolute Gasteiger partial charge is 0.377 e. The van der Waals surface area contributed by atoms with Crippen LogP contribution in [0.2, 0.25) is 6.04 Å². The van der Waals surface area contributed by atoms with Crippen LogP contribution in [0.1, 0.15) is 77.6 Å². The highest BCUT2D eigenvalue weighted by Gasteiger charge is 2.36. The van der Waals surface area contributed by atoms with E-state index >= 15 is 0 Å². The molecule has 0 N–H and O–H groups in total. The Morgan fingerprint density at radius 3 is 1.44 bits per heavy atom. The second kappa shape index (κ2) is 15.1. The summed E-state index contributed by atoms with van der Waals surface area (Å²) in [6, 6.07) is 0.919. The first-order chi connectivity index (χ1) is 11.9. The van der Waals surface area contributed by atoms with Crippen molar-refractivity contribution in [1.29, 1.82) is 0 Å². The second-order valence-corrected chi connectivity index (χ2v) is 11.1. The predicted octanol–water partition coefficient (Wildman–Crippen LogP) is 5.25. The summed E-state index contributed by atoms with van der Waals surface area (Å²) in [6.45, 7) is 4.85. The fraction of sp³-hybridized carbons (Fsp3) is 1.00. The minimum atomic E-state index is -2.36. The topological polar surface area (TPSA) is 27.7 Å². The van der Waals surface area contributed by atoms with Crippen molar-refractivity contribution in [2.75, 3.05) is 48.5 Å². The molecule has 0 aliphatic heterocycles. The van der Waals surface area contributed by atoms with E-state index in [1.54, 1.807) is 21.3 Å². The molecule has 0 aromatic heterocycles. The molecule has 0 bridgehead atoms. The van der Waals surface area contributed by atoms with Gasteiger partial charge in [-0.25, -0.2) is 0 Å². The van der Waals surface area contributed by atoms with Gasteiger partial charge in [0.05, 0.1) is 27.2 Å². The second-order valence-electron chi connectivity index (χ2n) is 7.96. The van der Waals surface area contributed by atoms with Gasteiger partial charge in [-0.15, -0.1) is 0 Å². The van der Waals surface area contributed by atoms with E-state index in [2.05, 4.69) is 21.0 Å². The Hall–Kier alpha value is 0.0569. The molecule has 0 heterocycles. The fourth-order valence-corrected chi connectivity index (χ4v) is 5.20. The molecule has 0 aromatic carbocycles. The zero-order valence-corrected chi connectivity index (χ0v) is 19.1. The average molecular weight is 377 g/mol. The Bertz CT molecular complexity index is 288. The van der Waals surface area contributed by atoms with E-state index in [0.717, 1.165) is 16.9 Å². The van der Waals surface area contributed by atoms with Crippen molar-refractivity contribution in [3.8, 4) is 0 Å². The molecule has 0 amide bonds. The van der Waals surface area contributed by atoms with Crippen LogP contribution in [0.3, 0.4) is 0 Å². The van der Waals surface area contributed by atoms with Gasteiger partial charge in [0.1, 0.15) is 0 Å². The molecular weight excluding hydrogens is 330 g/mol. The van der Waals surface area contributed by atoms with Crippen molar-refractivity contribution in [3.63, 3.8) is 0 Å². The maximum absolute atomic E-state index is 5.48. The zero-order valence-electron chi connectivity index (χ0n) is 18.1. The van der Waals surface area contributed by atoms with Crippen molar-refractivity contribution in [1.82, 2.24) is 0 Å². The number of rotatable bonds is 18. The third kappa shape index (κ3) is 13.0. The maximum atomic E-state index is 5.48. The lowest BCUT2D eigenvalue weighted by Gasteiger charge is -2.30. The highest BCUT2D eigenvalue weighted by Crippen LogP contribution is 2.18. The Balaban J connectivity index is 3.66. The summed E-state index contributed by atoms with van der Waals surface area (Å²) in [5, 5.41) is 0. The third-order valence-corrected chi connectivity index (χ3v) is 8.13. The molecule has 0 aliphatic carbocycles. The third-order valence-electron chi connectivity index (χ3n) is 5.30. The van der Waals surface area contributed by atoms with Crippen LogP contribution in [0.4, 0.5) is 0 Å². The molecule has 25 heavy (non-hydrogen) atoms. The van der Waals surface area contributed by atoms with Gasteiger partial charge < -0.3 is 17.8 Å². The monoisotopic (exact) mass is 376 g/mol. The van der Waals surface area contributed by atoms with Gasteiger partial charge in [-0.3, -0.25) is 0 Å². The van der Waals surface area contributed by atoms with E-state index < -0.39 is 8.80 Å². The molecule has 152 valence electrons. The Morgan fingerprint density at radius 2 is 1.00 bits per heavy atom. The normalized spacial score (nSPS) is 12.7. The molecule has 0 rings (SSSR count). The zero-order chi connectivity index (χ0) is 19.0. The summed E-state index contributed by atoms with van der Waals surface area (Å²) in [7, 11) is 7.48. The summed E-state index contributed by atoms with van der Waals surface area (Å²) in [5.41, 5.74) is 0. The van der Waals surface area contributed by atoms with Crippen LogP contribution in [0, 0.1) is 0 Å². The van der Waals surface area contributed by atoms with Crippen LogP contribution in [0.5, 0.6) is 0 Å². The van der Waals surface area contributed by atoms with E-state index in [-0.39, 0.29) is 0 Å². The lowest BCUT2D eigenvalue weighted by atomic mass is 10.1. The summed E-state index contributed by atoms with van der Waals surface area (Å²) in [4.78, 5) is 0. The van der Waals surface area contributed by atoms with E-state index in [0.29, 0.717) is 0 Å². The van der Waals surface area contributed by atoms with Crippen LogP contribution in [0.25, 0.3) is 0 Å². The number of hydrogen-bond donors (Lipinski definition) is 0. The van der Waals surface area contributed by atoms with Crippen LogP contribution in [-0.2, 0) is 13.3 Å². The molecule has 0 atom stereocenters. The number of quaternary nitrogens is 1. The van der Waals surface area contributed by atoms with Crippen molar-refractivity contribution in [2.24, 2.45) is 0 Å². The molecule has 0 aliphatic rings. The molecular formula is C20H46NO3Si+. The van der Waals surface area contributed by atoms with Crippen molar-refractivity contribution >= 4 is 8.80 Å². The van der Waals surface area contributed by atoms with Gasteiger partial charge in [-0.05, 0) is 32.1 Å². The van der Waals surface area contributed by atoms with Crippen molar-refractivity contribution in [3.05, 3.63) is 0 Å². The van der Waals surface area contributed by atoms with Crippen LogP contribution in [-0.4, -0.2) is 61.8 Å². The van der Waals surface area contributed by atoms with Gasteiger partial charge >= 0.3 is 8.80 Å². The molecule has 0 unspecified atom stereocenters. The summed E-state index contributed by atoms with van der Waals surface area (Å²) >= 11 is 0. The molecule has 0 saturated carbocycles. The van der Waals surface area contributed by atoms with E-state index in [1.165, 1.54) is 77.3 Å². The quantitative estimate of drug-likeness (QED) is 0.186. The van der Waals surface area contributed by atoms with Gasteiger partial charge in [-0.1, -0.05) is 45.4 Å². The van der Waals surface area contributed by atoms with Crippen molar-refractivity contribution < 1.29 is 17.8 Å². The molecule has 0 spiro atoms. The molecule has 4 nitrogen and oxygen atoms in total. The Morgan fingerprint density at radius 1 is 0.600 bits per heavy atom. The first-order valence-corrected chi connectivity index (χ1v) is 12.4. The molecule has 0 fully saturated rings. The van der Waals surface area contributed by atoms with E-state index in [1.807, 2.05) is 0 Å². The van der Waals surface area contributed by atoms with Gasteiger partial charge in [0, 0.05) is 27.4 Å². The van der Waals surface area contributed by atoms with Gasteiger partial charge in [-0.2, -0.15) is 0 Å². The summed E-state index contributed by atoms with van der Waals surface area (Å²) in [5.74, 6) is 0. The van der Waals surface area contributed by atoms with Gasteiger partial charge in [0.25, 0.3) is 0 Å². The maximum Gasteiger partial charge on any atom is 0.500 e. The van der Waals surface area contributed by atoms with Crippen molar-refractivity contribution in [2.45, 2.75) is 83.6 Å². The number of nitrogens with zero attached hydrogens (tertiary/aromatic N) is 1.